The third-order valence-corrected chi connectivity index (χ3v) is 5.27. The largest absolute Gasteiger partial charge is 0.467 e. The average molecular weight is 440 g/mol. The summed E-state index contributed by atoms with van der Waals surface area (Å²) in [5, 5.41) is 12.5. The highest BCUT2D eigenvalue weighted by atomic mass is 35.5. The lowest BCUT2D eigenvalue weighted by Crippen LogP contribution is -2.23. The number of thiophene rings is 1. The first-order valence-electron chi connectivity index (χ1n) is 7.66. The molecule has 0 aliphatic heterocycles. The molecule has 0 saturated heterocycles. The zero-order valence-corrected chi connectivity index (χ0v) is 17.3. The van der Waals surface area contributed by atoms with Gasteiger partial charge in [0.25, 0.3) is 0 Å². The van der Waals surface area contributed by atoms with E-state index in [-0.39, 0.29) is 42.7 Å². The maximum absolute atomic E-state index is 9.03. The summed E-state index contributed by atoms with van der Waals surface area (Å²) >= 11 is 7.69. The maximum atomic E-state index is 9.03. The van der Waals surface area contributed by atoms with E-state index in [1.807, 2.05) is 19.1 Å². The van der Waals surface area contributed by atoms with E-state index < -0.39 is 0 Å². The summed E-state index contributed by atoms with van der Waals surface area (Å²) in [6.45, 7) is 2.62. The Balaban J connectivity index is 0.00000169. The molecule has 3 aromatic rings. The lowest BCUT2D eigenvalue weighted by molar-refractivity contribution is 0.275. The molecule has 3 heterocycles. The van der Waals surface area contributed by atoms with Crippen molar-refractivity contribution in [2.75, 3.05) is 11.9 Å². The third kappa shape index (κ3) is 5.22. The van der Waals surface area contributed by atoms with Gasteiger partial charge < -0.3 is 20.6 Å². The van der Waals surface area contributed by atoms with Gasteiger partial charge in [-0.15, -0.1) is 36.2 Å². The number of aryl methyl sites for hydroxylation is 1. The van der Waals surface area contributed by atoms with Crippen molar-refractivity contribution in [3.8, 4) is 0 Å². The fourth-order valence-electron chi connectivity index (χ4n) is 2.51. The van der Waals surface area contributed by atoms with E-state index in [9.17, 15) is 0 Å². The van der Waals surface area contributed by atoms with Gasteiger partial charge in [0.05, 0.1) is 23.0 Å². The van der Waals surface area contributed by atoms with E-state index in [1.165, 1.54) is 0 Å². The number of aliphatic hydroxyl groups is 1. The fraction of sp³-hybridized carbons (Fsp3) is 0.375. The van der Waals surface area contributed by atoms with E-state index in [0.29, 0.717) is 25.2 Å². The van der Waals surface area contributed by atoms with Gasteiger partial charge in [-0.25, -0.2) is 4.98 Å². The standard InChI is InChI=1S/C16H19ClN4O2S.2ClH/c1-9-12(7-10(18)4-5-22)24-14-13(9)20-16(17)21-15(14)19-8-11-3-2-6-23-11;;/h2-3,6,10,22H,4-5,7-8,18H2,1H3,(H,19,20,21);2*1H/t10-;;/m0../s1. The number of nitrogens with zero attached hydrogens (tertiary/aromatic N) is 2. The fourth-order valence-corrected chi connectivity index (χ4v) is 3.98. The van der Waals surface area contributed by atoms with Crippen LogP contribution in [0.15, 0.2) is 22.8 Å². The Morgan fingerprint density at radius 3 is 2.81 bits per heavy atom. The molecule has 3 rings (SSSR count). The number of aromatic nitrogens is 2. The molecule has 0 aliphatic carbocycles. The summed E-state index contributed by atoms with van der Waals surface area (Å²) in [6, 6.07) is 3.66. The lowest BCUT2D eigenvalue weighted by Gasteiger charge is -2.08. The van der Waals surface area contributed by atoms with Crippen molar-refractivity contribution < 1.29 is 9.52 Å². The van der Waals surface area contributed by atoms with Crippen molar-refractivity contribution >= 4 is 63.8 Å². The molecular formula is C16H21Cl3N4O2S. The highest BCUT2D eigenvalue weighted by Crippen LogP contribution is 2.35. The highest BCUT2D eigenvalue weighted by molar-refractivity contribution is 7.19. The molecule has 0 fully saturated rings. The minimum Gasteiger partial charge on any atom is -0.467 e. The Labute approximate surface area is 173 Å². The number of furan rings is 1. The molecule has 0 amide bonds. The normalized spacial score (nSPS) is 11.7. The molecule has 10 heteroatoms. The molecule has 0 aromatic carbocycles. The van der Waals surface area contributed by atoms with Crippen LogP contribution in [0.25, 0.3) is 10.2 Å². The summed E-state index contributed by atoms with van der Waals surface area (Å²) in [7, 11) is 0. The number of nitrogens with one attached hydrogen (secondary N) is 1. The van der Waals surface area contributed by atoms with E-state index in [1.54, 1.807) is 17.6 Å². The summed E-state index contributed by atoms with van der Waals surface area (Å²) in [5.74, 6) is 1.51. The van der Waals surface area contributed by atoms with Crippen molar-refractivity contribution in [3.05, 3.63) is 39.9 Å². The number of aliphatic hydroxyl groups excluding tert-OH is 1. The molecule has 144 valence electrons. The minimum absolute atomic E-state index is 0. The van der Waals surface area contributed by atoms with Gasteiger partial charge in [0.2, 0.25) is 5.28 Å². The van der Waals surface area contributed by atoms with Crippen molar-refractivity contribution in [2.45, 2.75) is 32.4 Å². The predicted molar refractivity (Wildman–Crippen MR) is 111 cm³/mol. The number of hydrogen-bond acceptors (Lipinski definition) is 7. The van der Waals surface area contributed by atoms with Crippen LogP contribution in [-0.2, 0) is 13.0 Å². The summed E-state index contributed by atoms with van der Waals surface area (Å²) in [4.78, 5) is 9.82. The monoisotopic (exact) mass is 438 g/mol. The smallest absolute Gasteiger partial charge is 0.224 e. The number of anilines is 1. The van der Waals surface area contributed by atoms with Crippen molar-refractivity contribution in [3.63, 3.8) is 0 Å². The van der Waals surface area contributed by atoms with Gasteiger partial charge in [0.1, 0.15) is 11.6 Å². The Bertz CT molecular complexity index is 827. The van der Waals surface area contributed by atoms with Crippen molar-refractivity contribution in [2.24, 2.45) is 5.73 Å². The van der Waals surface area contributed by atoms with Gasteiger partial charge in [-0.3, -0.25) is 0 Å². The van der Waals surface area contributed by atoms with Crippen molar-refractivity contribution in [1.82, 2.24) is 9.97 Å². The first-order valence-corrected chi connectivity index (χ1v) is 8.86. The van der Waals surface area contributed by atoms with Gasteiger partial charge in [0.15, 0.2) is 0 Å². The number of rotatable bonds is 7. The zero-order valence-electron chi connectivity index (χ0n) is 14.1. The first-order chi connectivity index (χ1) is 11.6. The summed E-state index contributed by atoms with van der Waals surface area (Å²) in [6.07, 6.45) is 2.90. The van der Waals surface area contributed by atoms with E-state index in [4.69, 9.17) is 26.9 Å². The molecule has 0 bridgehead atoms. The van der Waals surface area contributed by atoms with Crippen LogP contribution >= 0.6 is 47.8 Å². The third-order valence-electron chi connectivity index (χ3n) is 3.79. The molecule has 0 saturated carbocycles. The van der Waals surface area contributed by atoms with Crippen LogP contribution in [0, 0.1) is 6.92 Å². The van der Waals surface area contributed by atoms with Crippen LogP contribution in [0.4, 0.5) is 5.82 Å². The first kappa shape index (κ1) is 23.0. The Hall–Kier alpha value is -1.09. The van der Waals surface area contributed by atoms with Gasteiger partial charge in [0, 0.05) is 17.5 Å². The van der Waals surface area contributed by atoms with Crippen LogP contribution in [0.2, 0.25) is 5.28 Å². The quantitative estimate of drug-likeness (QED) is 0.482. The zero-order chi connectivity index (χ0) is 17.1. The molecule has 0 unspecified atom stereocenters. The van der Waals surface area contributed by atoms with E-state index in [2.05, 4.69) is 15.3 Å². The average Bonchev–Trinajstić information content (AvgIpc) is 3.15. The summed E-state index contributed by atoms with van der Waals surface area (Å²) < 4.78 is 6.28. The van der Waals surface area contributed by atoms with Crippen LogP contribution in [-0.4, -0.2) is 27.7 Å². The second kappa shape index (κ2) is 10.3. The van der Waals surface area contributed by atoms with E-state index >= 15 is 0 Å². The van der Waals surface area contributed by atoms with Gasteiger partial charge in [-0.2, -0.15) is 4.98 Å². The predicted octanol–water partition coefficient (Wildman–Crippen LogP) is 3.95. The molecular weight excluding hydrogens is 419 g/mol. The van der Waals surface area contributed by atoms with Gasteiger partial charge >= 0.3 is 0 Å². The topological polar surface area (TPSA) is 97.2 Å². The van der Waals surface area contributed by atoms with Crippen LogP contribution in [0.1, 0.15) is 22.6 Å². The lowest BCUT2D eigenvalue weighted by atomic mass is 10.1. The molecule has 1 atom stereocenters. The Morgan fingerprint density at radius 2 is 2.15 bits per heavy atom. The van der Waals surface area contributed by atoms with E-state index in [0.717, 1.165) is 26.4 Å². The summed E-state index contributed by atoms with van der Waals surface area (Å²) in [5.41, 5.74) is 7.96. The van der Waals surface area contributed by atoms with Gasteiger partial charge in [-0.1, -0.05) is 0 Å². The maximum Gasteiger partial charge on any atom is 0.224 e. The molecule has 6 nitrogen and oxygen atoms in total. The minimum atomic E-state index is -0.0790. The van der Waals surface area contributed by atoms with Crippen LogP contribution in [0.5, 0.6) is 0 Å². The molecule has 26 heavy (non-hydrogen) atoms. The Morgan fingerprint density at radius 1 is 1.38 bits per heavy atom. The van der Waals surface area contributed by atoms with Crippen molar-refractivity contribution in [1.29, 1.82) is 0 Å². The molecule has 4 N–H and O–H groups in total. The molecule has 0 aliphatic rings. The number of fused-ring (bicyclic) bond motifs is 1. The van der Waals surface area contributed by atoms with Crippen LogP contribution < -0.4 is 11.1 Å². The molecule has 0 spiro atoms. The second-order valence-electron chi connectivity index (χ2n) is 5.58. The van der Waals surface area contributed by atoms with Gasteiger partial charge in [-0.05, 0) is 49.1 Å². The highest BCUT2D eigenvalue weighted by Gasteiger charge is 2.17. The number of halogens is 3. The van der Waals surface area contributed by atoms with Crippen LogP contribution in [0.3, 0.4) is 0 Å². The SMILES string of the molecule is Cc1c(C[C@@H](N)CCO)sc2c(NCc3ccco3)nc(Cl)nc12.Cl.Cl. The number of nitrogens with two attached hydrogens (primary N) is 1. The molecule has 3 aromatic heterocycles. The molecule has 0 radical (unpaired) electrons. The number of hydrogen-bond donors (Lipinski definition) is 3. The second-order valence-corrected chi connectivity index (χ2v) is 7.02. The Kier molecular flexibility index (Phi) is 9.09.